The zero-order valence-corrected chi connectivity index (χ0v) is 22.5. The number of benzene rings is 2. The summed E-state index contributed by atoms with van der Waals surface area (Å²) in [6, 6.07) is 13.5. The van der Waals surface area contributed by atoms with Gasteiger partial charge in [0.25, 0.3) is 11.8 Å². The maximum Gasteiger partial charge on any atom is 0.266 e. The summed E-state index contributed by atoms with van der Waals surface area (Å²) in [6.07, 6.45) is 6.91. The number of phenols is 2. The molecule has 186 valence electrons. The SMILES string of the molecule is O=C1/C(=C/c2cccc(O)c2)SC(=S)N1CCCCCCN1C(=O)/C(=C/c2cccc(O)c2)SC1=S. The Morgan fingerprint density at radius 1 is 0.694 bits per heavy atom. The summed E-state index contributed by atoms with van der Waals surface area (Å²) in [5.41, 5.74) is 1.51. The Morgan fingerprint density at radius 3 is 1.50 bits per heavy atom. The van der Waals surface area contributed by atoms with Crippen LogP contribution < -0.4 is 0 Å². The minimum atomic E-state index is -0.107. The lowest BCUT2D eigenvalue weighted by Gasteiger charge is -2.15. The second kappa shape index (κ2) is 12.1. The van der Waals surface area contributed by atoms with Gasteiger partial charge >= 0.3 is 0 Å². The number of thiocarbonyl (C=S) groups is 2. The summed E-state index contributed by atoms with van der Waals surface area (Å²) >= 11 is 13.4. The molecule has 0 atom stereocenters. The summed E-state index contributed by atoms with van der Waals surface area (Å²) in [5, 5.41) is 19.3. The zero-order chi connectivity index (χ0) is 25.7. The molecular formula is C26H24N2O4S4. The molecule has 2 aromatic rings. The van der Waals surface area contributed by atoms with E-state index in [2.05, 4.69) is 0 Å². The number of carbonyl (C=O) groups is 2. The average molecular weight is 557 g/mol. The highest BCUT2D eigenvalue weighted by atomic mass is 32.2. The molecule has 2 saturated heterocycles. The van der Waals surface area contributed by atoms with Crippen LogP contribution in [0.1, 0.15) is 36.8 Å². The van der Waals surface area contributed by atoms with Crippen molar-refractivity contribution in [1.82, 2.24) is 9.80 Å². The maximum atomic E-state index is 12.8. The van der Waals surface area contributed by atoms with Gasteiger partial charge in [0.15, 0.2) is 0 Å². The van der Waals surface area contributed by atoms with Crippen LogP contribution in [0, 0.1) is 0 Å². The molecule has 4 rings (SSSR count). The van der Waals surface area contributed by atoms with Crippen LogP contribution in [-0.4, -0.2) is 53.6 Å². The summed E-state index contributed by atoms with van der Waals surface area (Å²) in [6.45, 7) is 1.10. The minimum absolute atomic E-state index is 0.107. The molecule has 6 nitrogen and oxygen atoms in total. The van der Waals surface area contributed by atoms with Gasteiger partial charge in [0.05, 0.1) is 9.81 Å². The number of hydrogen-bond donors (Lipinski definition) is 2. The first-order valence-electron chi connectivity index (χ1n) is 11.4. The van der Waals surface area contributed by atoms with Crippen molar-refractivity contribution in [3.05, 3.63) is 69.5 Å². The smallest absolute Gasteiger partial charge is 0.266 e. The molecule has 2 heterocycles. The van der Waals surface area contributed by atoms with Crippen molar-refractivity contribution in [2.45, 2.75) is 25.7 Å². The Morgan fingerprint density at radius 2 is 1.11 bits per heavy atom. The normalized spacial score (nSPS) is 18.3. The fourth-order valence-electron chi connectivity index (χ4n) is 3.81. The van der Waals surface area contributed by atoms with Gasteiger partial charge in [0.1, 0.15) is 20.1 Å². The predicted octanol–water partition coefficient (Wildman–Crippen LogP) is 5.76. The first kappa shape index (κ1) is 26.4. The second-order valence-electron chi connectivity index (χ2n) is 8.27. The number of aromatic hydroxyl groups is 2. The number of rotatable bonds is 9. The second-order valence-corrected chi connectivity index (χ2v) is 11.6. The van der Waals surface area contributed by atoms with Crippen LogP contribution in [0.15, 0.2) is 58.3 Å². The van der Waals surface area contributed by atoms with Crippen molar-refractivity contribution >= 4 is 80.6 Å². The molecule has 0 unspecified atom stereocenters. The van der Waals surface area contributed by atoms with Gasteiger partial charge in [0.2, 0.25) is 0 Å². The van der Waals surface area contributed by atoms with E-state index in [0.717, 1.165) is 36.8 Å². The molecule has 2 fully saturated rings. The molecule has 2 aromatic carbocycles. The first-order valence-corrected chi connectivity index (χ1v) is 13.9. The van der Waals surface area contributed by atoms with Crippen molar-refractivity contribution in [1.29, 1.82) is 0 Å². The van der Waals surface area contributed by atoms with Crippen molar-refractivity contribution < 1.29 is 19.8 Å². The third-order valence-electron chi connectivity index (χ3n) is 5.60. The van der Waals surface area contributed by atoms with E-state index in [1.165, 1.54) is 23.5 Å². The standard InChI is InChI=1S/C26H24N2O4S4/c29-19-9-5-7-17(13-19)15-21-23(31)27(25(33)35-21)11-3-1-2-4-12-28-24(32)22(36-26(28)34)16-18-8-6-10-20(30)14-18/h5-10,13-16,29-30H,1-4,11-12H2/b21-15-,22-16-. The minimum Gasteiger partial charge on any atom is -0.508 e. The van der Waals surface area contributed by atoms with Crippen molar-refractivity contribution in [3.8, 4) is 11.5 Å². The maximum absolute atomic E-state index is 12.8. The molecule has 0 radical (unpaired) electrons. The van der Waals surface area contributed by atoms with Gasteiger partial charge < -0.3 is 10.2 Å². The number of thioether (sulfide) groups is 2. The van der Waals surface area contributed by atoms with Crippen LogP contribution >= 0.6 is 48.0 Å². The molecule has 2 aliphatic heterocycles. The third kappa shape index (κ3) is 6.56. The molecule has 10 heteroatoms. The Kier molecular flexibility index (Phi) is 8.84. The summed E-state index contributed by atoms with van der Waals surface area (Å²) in [5.74, 6) is 0.0877. The molecule has 0 saturated carbocycles. The zero-order valence-electron chi connectivity index (χ0n) is 19.3. The fourth-order valence-corrected chi connectivity index (χ4v) is 6.43. The topological polar surface area (TPSA) is 81.1 Å². The number of unbranched alkanes of at least 4 members (excludes halogenated alkanes) is 3. The average Bonchev–Trinajstić information content (AvgIpc) is 3.24. The van der Waals surface area contributed by atoms with Gasteiger partial charge in [-0.15, -0.1) is 0 Å². The van der Waals surface area contributed by atoms with E-state index < -0.39 is 0 Å². The van der Waals surface area contributed by atoms with E-state index in [9.17, 15) is 19.8 Å². The number of phenolic OH excluding ortho intramolecular Hbond substituents is 2. The van der Waals surface area contributed by atoms with Crippen LogP contribution in [0.3, 0.4) is 0 Å². The van der Waals surface area contributed by atoms with Crippen LogP contribution in [0.2, 0.25) is 0 Å². The summed E-state index contributed by atoms with van der Waals surface area (Å²) in [4.78, 5) is 29.9. The van der Waals surface area contributed by atoms with E-state index in [1.54, 1.807) is 58.4 Å². The highest BCUT2D eigenvalue weighted by Crippen LogP contribution is 2.34. The van der Waals surface area contributed by atoms with Crippen molar-refractivity contribution in [2.75, 3.05) is 13.1 Å². The molecule has 0 aromatic heterocycles. The Hall–Kier alpha value is -2.66. The number of carbonyl (C=O) groups excluding carboxylic acids is 2. The number of amides is 2. The van der Waals surface area contributed by atoms with Gasteiger partial charge in [0, 0.05) is 13.1 Å². The van der Waals surface area contributed by atoms with Gasteiger partial charge in [-0.3, -0.25) is 19.4 Å². The molecule has 0 bridgehead atoms. The van der Waals surface area contributed by atoms with Crippen molar-refractivity contribution in [2.24, 2.45) is 0 Å². The summed E-state index contributed by atoms with van der Waals surface area (Å²) in [7, 11) is 0. The quantitative estimate of drug-likeness (QED) is 0.229. The Labute approximate surface area is 229 Å². The predicted molar refractivity (Wildman–Crippen MR) is 154 cm³/mol. The molecule has 2 amide bonds. The largest absolute Gasteiger partial charge is 0.508 e. The van der Waals surface area contributed by atoms with E-state index in [4.69, 9.17) is 24.4 Å². The van der Waals surface area contributed by atoms with E-state index in [1.807, 2.05) is 12.1 Å². The lowest BCUT2D eigenvalue weighted by atomic mass is 10.1. The van der Waals surface area contributed by atoms with E-state index in [-0.39, 0.29) is 23.3 Å². The highest BCUT2D eigenvalue weighted by Gasteiger charge is 2.32. The van der Waals surface area contributed by atoms with Gasteiger partial charge in [-0.05, 0) is 60.4 Å². The third-order valence-corrected chi connectivity index (χ3v) is 8.35. The lowest BCUT2D eigenvalue weighted by molar-refractivity contribution is -0.123. The van der Waals surface area contributed by atoms with E-state index >= 15 is 0 Å². The van der Waals surface area contributed by atoms with Crippen LogP contribution in [0.4, 0.5) is 0 Å². The number of hydrogen-bond acceptors (Lipinski definition) is 8. The van der Waals surface area contributed by atoms with Crippen LogP contribution in [0.25, 0.3) is 12.2 Å². The molecule has 2 N–H and O–H groups in total. The Balaban J connectivity index is 1.21. The molecule has 36 heavy (non-hydrogen) atoms. The molecular weight excluding hydrogens is 533 g/mol. The van der Waals surface area contributed by atoms with Gasteiger partial charge in [-0.25, -0.2) is 0 Å². The van der Waals surface area contributed by atoms with E-state index in [0.29, 0.717) is 31.5 Å². The summed E-state index contributed by atoms with van der Waals surface area (Å²) < 4.78 is 1.09. The monoisotopic (exact) mass is 556 g/mol. The molecule has 0 spiro atoms. The van der Waals surface area contributed by atoms with Gasteiger partial charge in [-0.2, -0.15) is 0 Å². The van der Waals surface area contributed by atoms with Gasteiger partial charge in [-0.1, -0.05) is 85.1 Å². The number of nitrogens with zero attached hydrogens (tertiary/aromatic N) is 2. The van der Waals surface area contributed by atoms with Crippen LogP contribution in [-0.2, 0) is 9.59 Å². The molecule has 2 aliphatic rings. The van der Waals surface area contributed by atoms with Crippen molar-refractivity contribution in [3.63, 3.8) is 0 Å². The lowest BCUT2D eigenvalue weighted by Crippen LogP contribution is -2.29. The molecule has 0 aliphatic carbocycles. The van der Waals surface area contributed by atoms with Crippen LogP contribution in [0.5, 0.6) is 11.5 Å². The highest BCUT2D eigenvalue weighted by molar-refractivity contribution is 8.27. The fraction of sp³-hybridized carbons (Fsp3) is 0.231. The first-order chi connectivity index (χ1) is 17.3. The Bertz CT molecular complexity index is 1180.